The van der Waals surface area contributed by atoms with Crippen molar-refractivity contribution < 1.29 is 9.53 Å². The van der Waals surface area contributed by atoms with E-state index >= 15 is 0 Å². The number of piperidine rings is 1. The second-order valence-corrected chi connectivity index (χ2v) is 9.49. The van der Waals surface area contributed by atoms with Crippen LogP contribution < -0.4 is 10.1 Å². The van der Waals surface area contributed by atoms with Crippen molar-refractivity contribution in [2.24, 2.45) is 5.92 Å². The van der Waals surface area contributed by atoms with E-state index in [1.807, 2.05) is 24.0 Å². The first kappa shape index (κ1) is 22.8. The number of hydrogen-bond donors (Lipinski definition) is 1. The first-order chi connectivity index (χ1) is 15.4. The van der Waals surface area contributed by atoms with Crippen molar-refractivity contribution in [1.82, 2.24) is 24.9 Å². The first-order valence-corrected chi connectivity index (χ1v) is 11.9. The molecule has 2 aliphatic heterocycles. The molecular weight excluding hydrogens is 402 g/mol. The minimum atomic E-state index is -0.0403. The Morgan fingerprint density at radius 1 is 1.22 bits per heavy atom. The van der Waals surface area contributed by atoms with Crippen molar-refractivity contribution in [1.29, 1.82) is 0 Å². The third kappa shape index (κ3) is 5.15. The largest absolute Gasteiger partial charge is 0.490 e. The van der Waals surface area contributed by atoms with Crippen molar-refractivity contribution in [3.63, 3.8) is 0 Å². The molecule has 174 valence electrons. The van der Waals surface area contributed by atoms with E-state index in [-0.39, 0.29) is 18.1 Å². The lowest BCUT2D eigenvalue weighted by Crippen LogP contribution is -2.41. The molecule has 2 fully saturated rings. The number of nitrogens with one attached hydrogen (secondary N) is 1. The van der Waals surface area contributed by atoms with Crippen molar-refractivity contribution in [3.8, 4) is 17.0 Å². The second kappa shape index (κ2) is 10.0. The monoisotopic (exact) mass is 439 g/mol. The van der Waals surface area contributed by atoms with Crippen LogP contribution in [0.4, 0.5) is 0 Å². The molecule has 2 unspecified atom stereocenters. The Balaban J connectivity index is 1.52. The van der Waals surface area contributed by atoms with Crippen molar-refractivity contribution in [2.45, 2.75) is 58.3 Å². The molecule has 2 saturated heterocycles. The molecule has 1 N–H and O–H groups in total. The molecule has 2 aromatic rings. The standard InChI is InChI=1S/C25H37N5O2/c1-5-30-22(8-11-27-30)19-6-7-20(16-26-25(31)23-14-18(2)17-29(23)4)24(15-19)32-21-9-12-28(3)13-10-21/h6-8,11,15,18,21,23H,5,9-10,12-14,16-17H2,1-4H3,(H,26,31). The number of rotatable bonds is 7. The van der Waals surface area contributed by atoms with Crippen LogP contribution in [0.15, 0.2) is 30.5 Å². The highest BCUT2D eigenvalue weighted by Gasteiger charge is 2.32. The van der Waals surface area contributed by atoms with Gasteiger partial charge in [-0.25, -0.2) is 0 Å². The van der Waals surface area contributed by atoms with Crippen LogP contribution >= 0.6 is 0 Å². The maximum atomic E-state index is 12.8. The predicted octanol–water partition coefficient (Wildman–Crippen LogP) is 3.00. The summed E-state index contributed by atoms with van der Waals surface area (Å²) < 4.78 is 8.52. The van der Waals surface area contributed by atoms with Crippen LogP contribution in [0.3, 0.4) is 0 Å². The molecule has 3 heterocycles. The molecule has 2 aliphatic rings. The van der Waals surface area contributed by atoms with E-state index < -0.39 is 0 Å². The number of hydrogen-bond acceptors (Lipinski definition) is 5. The van der Waals surface area contributed by atoms with Gasteiger partial charge in [0.1, 0.15) is 11.9 Å². The van der Waals surface area contributed by atoms with Crippen LogP contribution in [0.5, 0.6) is 5.75 Å². The highest BCUT2D eigenvalue weighted by Crippen LogP contribution is 2.30. The Morgan fingerprint density at radius 3 is 2.69 bits per heavy atom. The summed E-state index contributed by atoms with van der Waals surface area (Å²) in [5.41, 5.74) is 3.20. The van der Waals surface area contributed by atoms with Gasteiger partial charge in [0, 0.05) is 50.0 Å². The number of likely N-dealkylation sites (tertiary alicyclic amines) is 2. The average Bonchev–Trinajstić information content (AvgIpc) is 3.39. The van der Waals surface area contributed by atoms with E-state index in [0.29, 0.717) is 12.5 Å². The van der Waals surface area contributed by atoms with E-state index in [4.69, 9.17) is 4.74 Å². The van der Waals surface area contributed by atoms with Crippen molar-refractivity contribution in [2.75, 3.05) is 33.7 Å². The van der Waals surface area contributed by atoms with Crippen LogP contribution in [0.1, 0.15) is 38.7 Å². The van der Waals surface area contributed by atoms with Gasteiger partial charge in [-0.3, -0.25) is 14.4 Å². The van der Waals surface area contributed by atoms with Crippen molar-refractivity contribution >= 4 is 5.91 Å². The van der Waals surface area contributed by atoms with Gasteiger partial charge < -0.3 is 15.0 Å². The molecule has 1 aromatic heterocycles. The molecule has 4 rings (SSSR count). The Hall–Kier alpha value is -2.38. The fraction of sp³-hybridized carbons (Fsp3) is 0.600. The summed E-state index contributed by atoms with van der Waals surface area (Å²) in [6, 6.07) is 8.31. The topological polar surface area (TPSA) is 62.6 Å². The Morgan fingerprint density at radius 2 is 2.00 bits per heavy atom. The molecule has 1 amide bonds. The minimum Gasteiger partial charge on any atom is -0.490 e. The zero-order valence-corrected chi connectivity index (χ0v) is 19.9. The quantitative estimate of drug-likeness (QED) is 0.719. The molecule has 1 aromatic carbocycles. The van der Waals surface area contributed by atoms with Gasteiger partial charge in [0.05, 0.1) is 11.7 Å². The lowest BCUT2D eigenvalue weighted by molar-refractivity contribution is -0.125. The van der Waals surface area contributed by atoms with Gasteiger partial charge in [-0.1, -0.05) is 19.1 Å². The van der Waals surface area contributed by atoms with E-state index in [0.717, 1.165) is 68.0 Å². The van der Waals surface area contributed by atoms with E-state index in [2.05, 4.69) is 59.3 Å². The summed E-state index contributed by atoms with van der Waals surface area (Å²) in [4.78, 5) is 17.3. The molecule has 32 heavy (non-hydrogen) atoms. The van der Waals surface area contributed by atoms with Crippen LogP contribution in [0, 0.1) is 5.92 Å². The highest BCUT2D eigenvalue weighted by molar-refractivity contribution is 5.82. The van der Waals surface area contributed by atoms with Gasteiger partial charge >= 0.3 is 0 Å². The Kier molecular flexibility index (Phi) is 7.16. The molecule has 0 aliphatic carbocycles. The summed E-state index contributed by atoms with van der Waals surface area (Å²) in [5, 5.41) is 7.58. The summed E-state index contributed by atoms with van der Waals surface area (Å²) in [6.45, 7) is 8.67. The summed E-state index contributed by atoms with van der Waals surface area (Å²) >= 11 is 0. The zero-order valence-electron chi connectivity index (χ0n) is 19.9. The lowest BCUT2D eigenvalue weighted by atomic mass is 10.0. The number of benzene rings is 1. The molecule has 0 bridgehead atoms. The van der Waals surface area contributed by atoms with Gasteiger partial charge in [-0.05, 0) is 58.3 Å². The van der Waals surface area contributed by atoms with E-state index in [1.165, 1.54) is 0 Å². The van der Waals surface area contributed by atoms with Gasteiger partial charge in [0.2, 0.25) is 5.91 Å². The van der Waals surface area contributed by atoms with Gasteiger partial charge in [-0.2, -0.15) is 5.10 Å². The SMILES string of the molecule is CCn1nccc1-c1ccc(CNC(=O)C2CC(C)CN2C)c(OC2CCN(C)CC2)c1. The normalized spacial score (nSPS) is 22.9. The maximum Gasteiger partial charge on any atom is 0.237 e. The summed E-state index contributed by atoms with van der Waals surface area (Å²) in [5.74, 6) is 1.53. The lowest BCUT2D eigenvalue weighted by Gasteiger charge is -2.30. The molecule has 7 heteroatoms. The van der Waals surface area contributed by atoms with E-state index in [9.17, 15) is 4.79 Å². The first-order valence-electron chi connectivity index (χ1n) is 11.9. The molecular formula is C25H37N5O2. The van der Waals surface area contributed by atoms with Crippen molar-refractivity contribution in [3.05, 3.63) is 36.0 Å². The number of aromatic nitrogens is 2. The summed E-state index contributed by atoms with van der Waals surface area (Å²) in [7, 11) is 4.19. The molecule has 7 nitrogen and oxygen atoms in total. The number of carbonyl (C=O) groups excluding carboxylic acids is 1. The maximum absolute atomic E-state index is 12.8. The van der Waals surface area contributed by atoms with Crippen LogP contribution in [-0.2, 0) is 17.9 Å². The number of aryl methyl sites for hydroxylation is 1. The number of amides is 1. The second-order valence-electron chi connectivity index (χ2n) is 9.49. The Labute approximate surface area is 191 Å². The molecule has 0 spiro atoms. The number of nitrogens with zero attached hydrogens (tertiary/aromatic N) is 4. The predicted molar refractivity (Wildman–Crippen MR) is 127 cm³/mol. The van der Waals surface area contributed by atoms with Crippen LogP contribution in [0.25, 0.3) is 11.3 Å². The van der Waals surface area contributed by atoms with Crippen LogP contribution in [0.2, 0.25) is 0 Å². The third-order valence-corrected chi connectivity index (χ3v) is 6.85. The number of ether oxygens (including phenoxy) is 1. The Bertz CT molecular complexity index is 919. The fourth-order valence-electron chi connectivity index (χ4n) is 4.94. The van der Waals surface area contributed by atoms with Crippen LogP contribution in [-0.4, -0.2) is 71.4 Å². The van der Waals surface area contributed by atoms with Gasteiger partial charge in [-0.15, -0.1) is 0 Å². The zero-order chi connectivity index (χ0) is 22.7. The average molecular weight is 440 g/mol. The smallest absolute Gasteiger partial charge is 0.237 e. The highest BCUT2D eigenvalue weighted by atomic mass is 16.5. The fourth-order valence-corrected chi connectivity index (χ4v) is 4.94. The molecule has 0 radical (unpaired) electrons. The van der Waals surface area contributed by atoms with Gasteiger partial charge in [0.15, 0.2) is 0 Å². The molecule has 2 atom stereocenters. The van der Waals surface area contributed by atoms with E-state index in [1.54, 1.807) is 0 Å². The molecule has 0 saturated carbocycles. The number of carbonyl (C=O) groups is 1. The summed E-state index contributed by atoms with van der Waals surface area (Å²) in [6.07, 6.45) is 4.99. The number of likely N-dealkylation sites (N-methyl/N-ethyl adjacent to an activating group) is 1. The van der Waals surface area contributed by atoms with Gasteiger partial charge in [0.25, 0.3) is 0 Å². The minimum absolute atomic E-state index is 0.0403. The third-order valence-electron chi connectivity index (χ3n) is 6.85.